The van der Waals surface area contributed by atoms with E-state index in [0.29, 0.717) is 15.3 Å². The van der Waals surface area contributed by atoms with E-state index in [1.54, 1.807) is 6.92 Å². The minimum atomic E-state index is 0.149. The van der Waals surface area contributed by atoms with Crippen LogP contribution in [0.15, 0.2) is 10.5 Å². The summed E-state index contributed by atoms with van der Waals surface area (Å²) in [7, 11) is 0. The van der Waals surface area contributed by atoms with Crippen LogP contribution in [0, 0.1) is 6.92 Å². The fraction of sp³-hybridized carbons (Fsp3) is 0.167. The lowest BCUT2D eigenvalue weighted by molar-refractivity contribution is 0.467. The lowest BCUT2D eigenvalue weighted by Crippen LogP contribution is -1.82. The van der Waals surface area contributed by atoms with Crippen LogP contribution >= 0.6 is 27.5 Å². The Labute approximate surface area is 72.0 Å². The molecule has 10 heavy (non-hydrogen) atoms. The van der Waals surface area contributed by atoms with Crippen molar-refractivity contribution in [2.75, 3.05) is 0 Å². The molecule has 1 aromatic rings. The Kier molecular flexibility index (Phi) is 2.16. The van der Waals surface area contributed by atoms with E-state index < -0.39 is 0 Å². The number of hydrogen-bond acceptors (Lipinski definition) is 2. The van der Waals surface area contributed by atoms with E-state index in [2.05, 4.69) is 20.9 Å². The molecule has 0 atom stereocenters. The van der Waals surface area contributed by atoms with Gasteiger partial charge in [0.25, 0.3) is 0 Å². The maximum Gasteiger partial charge on any atom is 0.143 e. The van der Waals surface area contributed by atoms with E-state index in [1.807, 2.05) is 0 Å². The topological polar surface area (TPSA) is 33.1 Å². The fourth-order valence-corrected chi connectivity index (χ4v) is 1.03. The zero-order chi connectivity index (χ0) is 7.72. The summed E-state index contributed by atoms with van der Waals surface area (Å²) in [5.74, 6) is 0.149. The van der Waals surface area contributed by atoms with E-state index in [0.717, 1.165) is 0 Å². The monoisotopic (exact) mass is 221 g/mol. The summed E-state index contributed by atoms with van der Waals surface area (Å²) in [6, 6.07) is 1.52. The van der Waals surface area contributed by atoms with Gasteiger partial charge in [-0.1, -0.05) is 11.6 Å². The predicted octanol–water partition coefficient (Wildman–Crippen LogP) is 2.51. The first kappa shape index (κ1) is 7.82. The normalized spacial score (nSPS) is 9.90. The van der Waals surface area contributed by atoms with Gasteiger partial charge in [0.05, 0.1) is 10.2 Å². The Hall–Kier alpha value is -0.280. The van der Waals surface area contributed by atoms with Crippen LogP contribution in [0.25, 0.3) is 0 Å². The lowest BCUT2D eigenvalue weighted by atomic mass is 10.3. The Morgan fingerprint density at radius 1 is 1.70 bits per heavy atom. The van der Waals surface area contributed by atoms with Crippen LogP contribution in [-0.4, -0.2) is 10.1 Å². The molecule has 0 aromatic carbocycles. The van der Waals surface area contributed by atoms with Crippen molar-refractivity contribution in [3.63, 3.8) is 0 Å². The molecule has 0 amide bonds. The van der Waals surface area contributed by atoms with Gasteiger partial charge in [-0.15, -0.1) is 0 Å². The highest BCUT2D eigenvalue weighted by atomic mass is 79.9. The quantitative estimate of drug-likeness (QED) is 0.684. The lowest BCUT2D eigenvalue weighted by Gasteiger charge is -1.98. The zero-order valence-corrected chi connectivity index (χ0v) is 7.57. The molecule has 0 saturated carbocycles. The standard InChI is InChI=1S/C6H5BrClNO/c1-3-5(10)2-4(7)6(8)9-3/h2,10H,1H3. The SMILES string of the molecule is Cc1nc(Cl)c(Br)cc1O. The van der Waals surface area contributed by atoms with Crippen LogP contribution in [0.2, 0.25) is 5.15 Å². The maximum atomic E-state index is 9.07. The first-order valence-corrected chi connectivity index (χ1v) is 3.80. The summed E-state index contributed by atoms with van der Waals surface area (Å²) in [5.41, 5.74) is 0.535. The number of aromatic nitrogens is 1. The van der Waals surface area contributed by atoms with Gasteiger partial charge in [0.15, 0.2) is 0 Å². The molecule has 0 radical (unpaired) electrons. The van der Waals surface area contributed by atoms with Gasteiger partial charge in [0.2, 0.25) is 0 Å². The average molecular weight is 222 g/mol. The van der Waals surface area contributed by atoms with Crippen molar-refractivity contribution in [1.82, 2.24) is 4.98 Å². The largest absolute Gasteiger partial charge is 0.506 e. The first-order valence-electron chi connectivity index (χ1n) is 2.63. The van der Waals surface area contributed by atoms with Crippen LogP contribution in [0.5, 0.6) is 5.75 Å². The van der Waals surface area contributed by atoms with E-state index in [1.165, 1.54) is 6.07 Å². The number of nitrogens with zero attached hydrogens (tertiary/aromatic N) is 1. The number of hydrogen-bond donors (Lipinski definition) is 1. The highest BCUT2D eigenvalue weighted by Crippen LogP contribution is 2.25. The van der Waals surface area contributed by atoms with Crippen LogP contribution in [0.1, 0.15) is 5.69 Å². The van der Waals surface area contributed by atoms with Crippen LogP contribution in [-0.2, 0) is 0 Å². The minimum absolute atomic E-state index is 0.149. The molecule has 0 unspecified atom stereocenters. The number of aromatic hydroxyl groups is 1. The van der Waals surface area contributed by atoms with E-state index in [-0.39, 0.29) is 5.75 Å². The van der Waals surface area contributed by atoms with Crippen molar-refractivity contribution < 1.29 is 5.11 Å². The summed E-state index contributed by atoms with van der Waals surface area (Å²) in [6.45, 7) is 1.69. The molecule has 0 spiro atoms. The van der Waals surface area contributed by atoms with Gasteiger partial charge < -0.3 is 5.11 Å². The Morgan fingerprint density at radius 3 is 2.80 bits per heavy atom. The molecule has 0 aliphatic heterocycles. The number of aryl methyl sites for hydroxylation is 1. The van der Waals surface area contributed by atoms with Crippen molar-refractivity contribution in [2.45, 2.75) is 6.92 Å². The molecule has 1 aromatic heterocycles. The summed E-state index contributed by atoms with van der Waals surface area (Å²) >= 11 is 8.74. The van der Waals surface area contributed by atoms with Gasteiger partial charge in [-0.05, 0) is 28.9 Å². The molecule has 1 rings (SSSR count). The van der Waals surface area contributed by atoms with Crippen molar-refractivity contribution >= 4 is 27.5 Å². The predicted molar refractivity (Wildman–Crippen MR) is 43.3 cm³/mol. The van der Waals surface area contributed by atoms with Crippen LogP contribution < -0.4 is 0 Å². The van der Waals surface area contributed by atoms with E-state index >= 15 is 0 Å². The molecular formula is C6H5BrClNO. The second kappa shape index (κ2) is 2.76. The number of rotatable bonds is 0. The molecule has 0 aliphatic carbocycles. The van der Waals surface area contributed by atoms with Crippen molar-refractivity contribution in [1.29, 1.82) is 0 Å². The zero-order valence-electron chi connectivity index (χ0n) is 5.23. The van der Waals surface area contributed by atoms with Gasteiger partial charge in [-0.3, -0.25) is 0 Å². The second-order valence-electron chi connectivity index (χ2n) is 1.87. The minimum Gasteiger partial charge on any atom is -0.506 e. The third-order valence-corrected chi connectivity index (χ3v) is 2.22. The molecule has 4 heteroatoms. The maximum absolute atomic E-state index is 9.07. The number of pyridine rings is 1. The van der Waals surface area contributed by atoms with Gasteiger partial charge in [0.1, 0.15) is 10.9 Å². The molecule has 2 nitrogen and oxygen atoms in total. The van der Waals surface area contributed by atoms with Gasteiger partial charge in [-0.25, -0.2) is 4.98 Å². The summed E-state index contributed by atoms with van der Waals surface area (Å²) in [5, 5.41) is 9.44. The van der Waals surface area contributed by atoms with Gasteiger partial charge in [-0.2, -0.15) is 0 Å². The average Bonchev–Trinajstić information content (AvgIpc) is 1.84. The molecular weight excluding hydrogens is 217 g/mol. The molecule has 0 aliphatic rings. The van der Waals surface area contributed by atoms with E-state index in [9.17, 15) is 0 Å². The molecule has 0 bridgehead atoms. The fourth-order valence-electron chi connectivity index (χ4n) is 0.542. The van der Waals surface area contributed by atoms with Crippen molar-refractivity contribution in [3.8, 4) is 5.75 Å². The second-order valence-corrected chi connectivity index (χ2v) is 3.08. The highest BCUT2D eigenvalue weighted by Gasteiger charge is 2.02. The van der Waals surface area contributed by atoms with E-state index in [4.69, 9.17) is 16.7 Å². The van der Waals surface area contributed by atoms with Crippen LogP contribution in [0.3, 0.4) is 0 Å². The first-order chi connectivity index (χ1) is 4.61. The Balaban J connectivity index is 3.28. The highest BCUT2D eigenvalue weighted by molar-refractivity contribution is 9.10. The Morgan fingerprint density at radius 2 is 2.30 bits per heavy atom. The summed E-state index contributed by atoms with van der Waals surface area (Å²) in [4.78, 5) is 3.84. The summed E-state index contributed by atoms with van der Waals surface area (Å²) in [6.07, 6.45) is 0. The molecule has 1 heterocycles. The number of halogens is 2. The smallest absolute Gasteiger partial charge is 0.143 e. The third-order valence-electron chi connectivity index (χ3n) is 1.10. The third kappa shape index (κ3) is 1.41. The molecule has 0 saturated heterocycles. The van der Waals surface area contributed by atoms with Gasteiger partial charge >= 0.3 is 0 Å². The van der Waals surface area contributed by atoms with Crippen molar-refractivity contribution in [3.05, 3.63) is 21.4 Å². The summed E-state index contributed by atoms with van der Waals surface area (Å²) < 4.78 is 0.609. The van der Waals surface area contributed by atoms with Crippen LogP contribution in [0.4, 0.5) is 0 Å². The Bertz CT molecular complexity index is 214. The van der Waals surface area contributed by atoms with Crippen molar-refractivity contribution in [2.24, 2.45) is 0 Å². The van der Waals surface area contributed by atoms with Gasteiger partial charge in [0, 0.05) is 0 Å². The molecule has 54 valence electrons. The molecule has 1 N–H and O–H groups in total. The molecule has 0 fully saturated rings.